The summed E-state index contributed by atoms with van der Waals surface area (Å²) in [6, 6.07) is 14.1. The van der Waals surface area contributed by atoms with Crippen molar-refractivity contribution in [2.24, 2.45) is 0 Å². The normalized spacial score (nSPS) is 11.7. The smallest absolute Gasteiger partial charge is 0.345 e. The van der Waals surface area contributed by atoms with Gasteiger partial charge in [-0.05, 0) is 30.7 Å². The van der Waals surface area contributed by atoms with Gasteiger partial charge in [0.05, 0.1) is 11.6 Å². The molecule has 0 heterocycles. The summed E-state index contributed by atoms with van der Waals surface area (Å²) in [5.74, 6) is -0.0318. The first-order valence-electron chi connectivity index (χ1n) is 6.96. The van der Waals surface area contributed by atoms with Crippen LogP contribution < -0.4 is 9.47 Å². The van der Waals surface area contributed by atoms with Gasteiger partial charge in [-0.3, -0.25) is 0 Å². The summed E-state index contributed by atoms with van der Waals surface area (Å²) in [6.07, 6.45) is -0.849. The molecule has 116 valence electrons. The molecule has 1 unspecified atom stereocenters. The van der Waals surface area contributed by atoms with E-state index in [0.29, 0.717) is 23.1 Å². The number of rotatable bonds is 7. The molecule has 0 amide bonds. The number of carboxylic acids is 1. The highest BCUT2D eigenvalue weighted by Gasteiger charge is 2.22. The Balaban J connectivity index is 2.20. The molecule has 0 aliphatic rings. The number of carboxylic acid groups (broad SMARTS) is 1. The zero-order chi connectivity index (χ0) is 15.9. The van der Waals surface area contributed by atoms with Crippen molar-refractivity contribution in [3.05, 3.63) is 59.1 Å². The Morgan fingerprint density at radius 2 is 1.77 bits per heavy atom. The zero-order valence-electron chi connectivity index (χ0n) is 12.2. The molecule has 0 aromatic heterocycles. The number of ether oxygens (including phenoxy) is 2. The Hall–Kier alpha value is -2.20. The van der Waals surface area contributed by atoms with Crippen LogP contribution in [0.25, 0.3) is 0 Å². The van der Waals surface area contributed by atoms with Crippen LogP contribution in [0, 0.1) is 0 Å². The van der Waals surface area contributed by atoms with Gasteiger partial charge in [-0.1, -0.05) is 41.9 Å². The van der Waals surface area contributed by atoms with Crippen LogP contribution in [-0.2, 0) is 11.2 Å². The molecule has 0 aliphatic carbocycles. The van der Waals surface area contributed by atoms with Crippen LogP contribution in [0.4, 0.5) is 0 Å². The average molecular weight is 321 g/mol. The van der Waals surface area contributed by atoms with E-state index in [0.717, 1.165) is 5.56 Å². The fourth-order valence-corrected chi connectivity index (χ4v) is 2.22. The van der Waals surface area contributed by atoms with Gasteiger partial charge < -0.3 is 14.6 Å². The third-order valence-corrected chi connectivity index (χ3v) is 3.37. The molecule has 2 aromatic carbocycles. The van der Waals surface area contributed by atoms with Crippen LogP contribution in [0.5, 0.6) is 11.5 Å². The predicted octanol–water partition coefficient (Wildman–Crippen LogP) is 3.81. The molecule has 2 aromatic rings. The maximum atomic E-state index is 11.5. The van der Waals surface area contributed by atoms with Gasteiger partial charge in [-0.2, -0.15) is 0 Å². The first kappa shape index (κ1) is 16.2. The summed E-state index contributed by atoms with van der Waals surface area (Å²) in [4.78, 5) is 11.5. The number of benzene rings is 2. The Morgan fingerprint density at radius 3 is 2.41 bits per heavy atom. The summed E-state index contributed by atoms with van der Waals surface area (Å²) >= 11 is 6.01. The van der Waals surface area contributed by atoms with Gasteiger partial charge in [0.2, 0.25) is 0 Å². The van der Waals surface area contributed by atoms with Crippen molar-refractivity contribution in [1.29, 1.82) is 0 Å². The van der Waals surface area contributed by atoms with E-state index in [1.54, 1.807) is 24.3 Å². The highest BCUT2D eigenvalue weighted by molar-refractivity contribution is 6.32. The van der Waals surface area contributed by atoms with Crippen LogP contribution in [0.1, 0.15) is 12.5 Å². The molecule has 0 saturated heterocycles. The summed E-state index contributed by atoms with van der Waals surface area (Å²) in [7, 11) is 0. The summed E-state index contributed by atoms with van der Waals surface area (Å²) in [6.45, 7) is 2.39. The fraction of sp³-hybridized carbons (Fsp3) is 0.235. The number of hydrogen-bond donors (Lipinski definition) is 1. The second-order valence-electron chi connectivity index (χ2n) is 4.62. The molecule has 0 bridgehead atoms. The summed E-state index contributed by atoms with van der Waals surface area (Å²) in [5, 5.41) is 9.78. The molecule has 0 aliphatic heterocycles. The minimum absolute atomic E-state index is 0.191. The minimum atomic E-state index is -1.05. The molecule has 1 atom stereocenters. The SMILES string of the molecule is CCOc1ccccc1CC(Oc1ccccc1Cl)C(=O)O. The molecule has 0 spiro atoms. The second-order valence-corrected chi connectivity index (χ2v) is 5.03. The lowest BCUT2D eigenvalue weighted by Crippen LogP contribution is -2.29. The van der Waals surface area contributed by atoms with E-state index in [-0.39, 0.29) is 6.42 Å². The molecule has 0 saturated carbocycles. The van der Waals surface area contributed by atoms with Crippen LogP contribution in [0.15, 0.2) is 48.5 Å². The van der Waals surface area contributed by atoms with E-state index in [2.05, 4.69) is 0 Å². The largest absolute Gasteiger partial charge is 0.494 e. The number of para-hydroxylation sites is 2. The zero-order valence-corrected chi connectivity index (χ0v) is 12.9. The minimum Gasteiger partial charge on any atom is -0.494 e. The highest BCUT2D eigenvalue weighted by atomic mass is 35.5. The van der Waals surface area contributed by atoms with E-state index in [1.807, 2.05) is 31.2 Å². The van der Waals surface area contributed by atoms with Crippen molar-refractivity contribution in [3.8, 4) is 11.5 Å². The van der Waals surface area contributed by atoms with E-state index < -0.39 is 12.1 Å². The number of aliphatic carboxylic acids is 1. The van der Waals surface area contributed by atoms with Crippen molar-refractivity contribution in [2.45, 2.75) is 19.4 Å². The van der Waals surface area contributed by atoms with Gasteiger partial charge in [0, 0.05) is 6.42 Å². The number of halogens is 1. The van der Waals surface area contributed by atoms with Gasteiger partial charge in [-0.25, -0.2) is 4.79 Å². The fourth-order valence-electron chi connectivity index (χ4n) is 2.04. The third kappa shape index (κ3) is 4.15. The topological polar surface area (TPSA) is 55.8 Å². The monoisotopic (exact) mass is 320 g/mol. The lowest BCUT2D eigenvalue weighted by atomic mass is 10.1. The molecule has 22 heavy (non-hydrogen) atoms. The Labute approximate surface area is 134 Å². The maximum Gasteiger partial charge on any atom is 0.345 e. The van der Waals surface area contributed by atoms with E-state index in [9.17, 15) is 9.90 Å². The lowest BCUT2D eigenvalue weighted by molar-refractivity contribution is -0.145. The molecule has 4 nitrogen and oxygen atoms in total. The van der Waals surface area contributed by atoms with Crippen LogP contribution >= 0.6 is 11.6 Å². The van der Waals surface area contributed by atoms with Crippen LogP contribution in [0.3, 0.4) is 0 Å². The van der Waals surface area contributed by atoms with E-state index in [4.69, 9.17) is 21.1 Å². The van der Waals surface area contributed by atoms with Gasteiger partial charge >= 0.3 is 5.97 Å². The third-order valence-electron chi connectivity index (χ3n) is 3.06. The van der Waals surface area contributed by atoms with Gasteiger partial charge in [-0.15, -0.1) is 0 Å². The van der Waals surface area contributed by atoms with Gasteiger partial charge in [0.1, 0.15) is 11.5 Å². The number of carbonyl (C=O) groups is 1. The molecule has 0 radical (unpaired) electrons. The first-order chi connectivity index (χ1) is 10.6. The molecule has 2 rings (SSSR count). The van der Waals surface area contributed by atoms with Crippen LogP contribution in [0.2, 0.25) is 5.02 Å². The standard InChI is InChI=1S/C17H17ClO4/c1-2-21-14-9-5-3-7-12(14)11-16(17(19)20)22-15-10-6-4-8-13(15)18/h3-10,16H,2,11H2,1H3,(H,19,20). The number of hydrogen-bond acceptors (Lipinski definition) is 3. The average Bonchev–Trinajstić information content (AvgIpc) is 2.50. The van der Waals surface area contributed by atoms with Crippen LogP contribution in [-0.4, -0.2) is 23.8 Å². The molecule has 5 heteroatoms. The Kier molecular flexibility index (Phi) is 5.67. The van der Waals surface area contributed by atoms with E-state index >= 15 is 0 Å². The summed E-state index contributed by atoms with van der Waals surface area (Å²) in [5.41, 5.74) is 0.781. The van der Waals surface area contributed by atoms with Crippen molar-refractivity contribution in [1.82, 2.24) is 0 Å². The second kappa shape index (κ2) is 7.71. The molecule has 1 N–H and O–H groups in total. The van der Waals surface area contributed by atoms with Crippen molar-refractivity contribution in [3.63, 3.8) is 0 Å². The van der Waals surface area contributed by atoms with Crippen molar-refractivity contribution in [2.75, 3.05) is 6.61 Å². The van der Waals surface area contributed by atoms with E-state index in [1.165, 1.54) is 0 Å². The first-order valence-corrected chi connectivity index (χ1v) is 7.34. The summed E-state index contributed by atoms with van der Waals surface area (Å²) < 4.78 is 11.1. The quantitative estimate of drug-likeness (QED) is 0.842. The van der Waals surface area contributed by atoms with Crippen molar-refractivity contribution >= 4 is 17.6 Å². The predicted molar refractivity (Wildman–Crippen MR) is 84.8 cm³/mol. The Morgan fingerprint density at radius 1 is 1.14 bits per heavy atom. The van der Waals surface area contributed by atoms with Crippen molar-refractivity contribution < 1.29 is 19.4 Å². The maximum absolute atomic E-state index is 11.5. The lowest BCUT2D eigenvalue weighted by Gasteiger charge is -2.17. The Bertz CT molecular complexity index is 642. The molecule has 0 fully saturated rings. The van der Waals surface area contributed by atoms with Gasteiger partial charge in [0.25, 0.3) is 0 Å². The highest BCUT2D eigenvalue weighted by Crippen LogP contribution is 2.26. The van der Waals surface area contributed by atoms with Gasteiger partial charge in [0.15, 0.2) is 6.10 Å². The molecular weight excluding hydrogens is 304 g/mol. The molecular formula is C17H17ClO4.